The van der Waals surface area contributed by atoms with Crippen LogP contribution >= 0.6 is 23.2 Å². The zero-order valence-corrected chi connectivity index (χ0v) is 11.2. The summed E-state index contributed by atoms with van der Waals surface area (Å²) in [6.07, 6.45) is 7.86. The minimum Gasteiger partial charge on any atom is -0.468 e. The van der Waals surface area contributed by atoms with Crippen molar-refractivity contribution in [1.29, 1.82) is 0 Å². The van der Waals surface area contributed by atoms with Crippen molar-refractivity contribution in [2.45, 2.75) is 42.9 Å². The first-order valence-electron chi connectivity index (χ1n) is 5.54. The van der Waals surface area contributed by atoms with Crippen LogP contribution in [0.2, 0.25) is 0 Å². The fourth-order valence-corrected chi connectivity index (χ4v) is 2.83. The lowest BCUT2D eigenvalue weighted by Gasteiger charge is -2.28. The molecule has 92 valence electrons. The summed E-state index contributed by atoms with van der Waals surface area (Å²) in [5, 5.41) is -0.0773. The molecule has 0 heterocycles. The Bertz CT molecular complexity index is 274. The molecule has 0 aliphatic heterocycles. The van der Waals surface area contributed by atoms with E-state index in [9.17, 15) is 4.79 Å². The molecule has 0 aromatic heterocycles. The maximum atomic E-state index is 11.4. The average Bonchev–Trinajstić information content (AvgIpc) is 2.28. The molecule has 0 N–H and O–H groups in total. The third-order valence-electron chi connectivity index (χ3n) is 3.01. The molecule has 0 amide bonds. The van der Waals surface area contributed by atoms with E-state index in [1.54, 1.807) is 6.92 Å². The van der Waals surface area contributed by atoms with Crippen molar-refractivity contribution in [3.05, 3.63) is 12.2 Å². The molecule has 16 heavy (non-hydrogen) atoms. The molecule has 0 radical (unpaired) electrons. The van der Waals surface area contributed by atoms with Crippen LogP contribution in [0.15, 0.2) is 12.2 Å². The van der Waals surface area contributed by atoms with Crippen LogP contribution in [0.4, 0.5) is 0 Å². The number of hydrogen-bond donors (Lipinski definition) is 0. The zero-order valence-electron chi connectivity index (χ0n) is 9.71. The van der Waals surface area contributed by atoms with E-state index in [1.807, 2.05) is 0 Å². The Balaban J connectivity index is 2.52. The Morgan fingerprint density at radius 3 is 2.81 bits per heavy atom. The fourth-order valence-electron chi connectivity index (χ4n) is 1.97. The van der Waals surface area contributed by atoms with Crippen molar-refractivity contribution in [2.24, 2.45) is 5.92 Å². The van der Waals surface area contributed by atoms with Crippen LogP contribution in [0.3, 0.4) is 0 Å². The summed E-state index contributed by atoms with van der Waals surface area (Å²) < 4.78 is 4.66. The molecule has 0 fully saturated rings. The fraction of sp³-hybridized carbons (Fsp3) is 0.750. The SMILES string of the molecule is COC(=O)C(C)(Cl)CC(Cl)C1CC=CCC1. The molecular formula is C12H18Cl2O2. The van der Waals surface area contributed by atoms with Gasteiger partial charge in [0.05, 0.1) is 7.11 Å². The predicted molar refractivity (Wildman–Crippen MR) is 67.0 cm³/mol. The van der Waals surface area contributed by atoms with Crippen LogP contribution in [-0.4, -0.2) is 23.3 Å². The normalized spacial score (nSPS) is 25.9. The van der Waals surface area contributed by atoms with Crippen LogP contribution < -0.4 is 0 Å². The van der Waals surface area contributed by atoms with Crippen molar-refractivity contribution in [3.8, 4) is 0 Å². The molecular weight excluding hydrogens is 247 g/mol. The Kier molecular flexibility index (Phi) is 5.13. The molecule has 0 saturated heterocycles. The monoisotopic (exact) mass is 264 g/mol. The first kappa shape index (κ1) is 13.9. The van der Waals surface area contributed by atoms with Crippen LogP contribution in [-0.2, 0) is 9.53 Å². The van der Waals surface area contributed by atoms with Crippen LogP contribution in [0.1, 0.15) is 32.6 Å². The van der Waals surface area contributed by atoms with E-state index in [0.29, 0.717) is 12.3 Å². The number of allylic oxidation sites excluding steroid dienone is 2. The molecule has 4 heteroatoms. The Morgan fingerprint density at radius 1 is 1.62 bits per heavy atom. The molecule has 2 nitrogen and oxygen atoms in total. The van der Waals surface area contributed by atoms with E-state index in [4.69, 9.17) is 23.2 Å². The van der Waals surface area contributed by atoms with Crippen LogP contribution in [0.5, 0.6) is 0 Å². The summed E-state index contributed by atoms with van der Waals surface area (Å²) in [7, 11) is 1.34. The topological polar surface area (TPSA) is 26.3 Å². The number of hydrogen-bond acceptors (Lipinski definition) is 2. The smallest absolute Gasteiger partial charge is 0.326 e. The van der Waals surface area contributed by atoms with Crippen molar-refractivity contribution in [1.82, 2.24) is 0 Å². The zero-order chi connectivity index (χ0) is 12.2. The predicted octanol–water partition coefficient (Wildman–Crippen LogP) is 3.51. The third kappa shape index (κ3) is 3.67. The van der Waals surface area contributed by atoms with Gasteiger partial charge in [0.25, 0.3) is 0 Å². The highest BCUT2D eigenvalue weighted by atomic mass is 35.5. The van der Waals surface area contributed by atoms with Crippen molar-refractivity contribution in [3.63, 3.8) is 0 Å². The molecule has 3 unspecified atom stereocenters. The van der Waals surface area contributed by atoms with Gasteiger partial charge in [0, 0.05) is 5.38 Å². The van der Waals surface area contributed by atoms with Gasteiger partial charge < -0.3 is 4.74 Å². The van der Waals surface area contributed by atoms with Gasteiger partial charge in [0.15, 0.2) is 0 Å². The van der Waals surface area contributed by atoms with Gasteiger partial charge in [0.1, 0.15) is 4.87 Å². The van der Waals surface area contributed by atoms with E-state index in [2.05, 4.69) is 16.9 Å². The number of ether oxygens (including phenoxy) is 1. The second kappa shape index (κ2) is 5.92. The van der Waals surface area contributed by atoms with Crippen LogP contribution in [0, 0.1) is 5.92 Å². The molecule has 0 aromatic carbocycles. The molecule has 0 saturated carbocycles. The van der Waals surface area contributed by atoms with Gasteiger partial charge >= 0.3 is 5.97 Å². The average molecular weight is 265 g/mol. The second-order valence-corrected chi connectivity index (χ2v) is 5.85. The quantitative estimate of drug-likeness (QED) is 0.441. The molecule has 0 aromatic rings. The molecule has 0 spiro atoms. The first-order chi connectivity index (χ1) is 7.47. The van der Waals surface area contributed by atoms with E-state index in [0.717, 1.165) is 19.3 Å². The summed E-state index contributed by atoms with van der Waals surface area (Å²) in [6, 6.07) is 0. The van der Waals surface area contributed by atoms with Gasteiger partial charge in [-0.15, -0.1) is 23.2 Å². The van der Waals surface area contributed by atoms with E-state index < -0.39 is 10.8 Å². The number of esters is 1. The lowest BCUT2D eigenvalue weighted by molar-refractivity contribution is -0.143. The third-order valence-corrected chi connectivity index (χ3v) is 3.83. The van der Waals surface area contributed by atoms with Crippen molar-refractivity contribution in [2.75, 3.05) is 7.11 Å². The number of alkyl halides is 2. The Labute approximate surface area is 107 Å². The van der Waals surface area contributed by atoms with Crippen LogP contribution in [0.25, 0.3) is 0 Å². The standard InChI is InChI=1S/C12H18Cl2O2/c1-12(14,11(15)16-2)8-10(13)9-6-4-3-5-7-9/h3-4,9-10H,5-8H2,1-2H3. The van der Waals surface area contributed by atoms with E-state index >= 15 is 0 Å². The molecule has 1 aliphatic rings. The van der Waals surface area contributed by atoms with Gasteiger partial charge in [-0.05, 0) is 38.5 Å². The Hall–Kier alpha value is -0.210. The number of carbonyl (C=O) groups excluding carboxylic acids is 1. The lowest BCUT2D eigenvalue weighted by atomic mass is 9.87. The number of carbonyl (C=O) groups is 1. The highest BCUT2D eigenvalue weighted by Crippen LogP contribution is 2.33. The summed E-state index contributed by atoms with van der Waals surface area (Å²) in [5.74, 6) is 0.000524. The molecule has 1 aliphatic carbocycles. The summed E-state index contributed by atoms with van der Waals surface area (Å²) in [4.78, 5) is 10.4. The molecule has 1 rings (SSSR count). The largest absolute Gasteiger partial charge is 0.468 e. The Morgan fingerprint density at radius 2 is 2.31 bits per heavy atom. The minimum atomic E-state index is -1.01. The highest BCUT2D eigenvalue weighted by molar-refractivity contribution is 6.34. The first-order valence-corrected chi connectivity index (χ1v) is 6.35. The van der Waals surface area contributed by atoms with Crippen molar-refractivity contribution < 1.29 is 9.53 Å². The molecule has 3 atom stereocenters. The van der Waals surface area contributed by atoms with Gasteiger partial charge in [-0.3, -0.25) is 4.79 Å². The van der Waals surface area contributed by atoms with Gasteiger partial charge in [-0.25, -0.2) is 0 Å². The van der Waals surface area contributed by atoms with E-state index in [1.165, 1.54) is 7.11 Å². The van der Waals surface area contributed by atoms with E-state index in [-0.39, 0.29) is 5.38 Å². The number of halogens is 2. The number of rotatable bonds is 4. The maximum absolute atomic E-state index is 11.4. The maximum Gasteiger partial charge on any atom is 0.326 e. The highest BCUT2D eigenvalue weighted by Gasteiger charge is 2.36. The molecule has 0 bridgehead atoms. The van der Waals surface area contributed by atoms with Crippen molar-refractivity contribution >= 4 is 29.2 Å². The summed E-state index contributed by atoms with van der Waals surface area (Å²) in [5.41, 5.74) is 0. The summed E-state index contributed by atoms with van der Waals surface area (Å²) in [6.45, 7) is 1.66. The van der Waals surface area contributed by atoms with Gasteiger partial charge in [-0.2, -0.15) is 0 Å². The minimum absolute atomic E-state index is 0.0773. The van der Waals surface area contributed by atoms with Gasteiger partial charge in [-0.1, -0.05) is 12.2 Å². The lowest BCUT2D eigenvalue weighted by Crippen LogP contribution is -2.35. The number of methoxy groups -OCH3 is 1. The summed E-state index contributed by atoms with van der Waals surface area (Å²) >= 11 is 12.4. The second-order valence-electron chi connectivity index (χ2n) is 4.45. The van der Waals surface area contributed by atoms with Gasteiger partial charge in [0.2, 0.25) is 0 Å².